The molecule has 0 amide bonds. The van der Waals surface area contributed by atoms with E-state index in [4.69, 9.17) is 5.73 Å². The van der Waals surface area contributed by atoms with E-state index in [1.54, 1.807) is 6.07 Å². The van der Waals surface area contributed by atoms with Gasteiger partial charge in [0.25, 0.3) is 0 Å². The highest BCUT2D eigenvalue weighted by Gasteiger charge is 2.08. The van der Waals surface area contributed by atoms with Crippen molar-refractivity contribution >= 4 is 11.5 Å². The van der Waals surface area contributed by atoms with Crippen LogP contribution in [0.1, 0.15) is 13.3 Å². The van der Waals surface area contributed by atoms with Gasteiger partial charge in [0, 0.05) is 19.2 Å². The third-order valence-electron chi connectivity index (χ3n) is 2.63. The summed E-state index contributed by atoms with van der Waals surface area (Å²) in [6, 6.07) is 1.79. The fourth-order valence-electron chi connectivity index (χ4n) is 1.69. The normalized spacial score (nSPS) is 10.9. The molecule has 2 rings (SSSR count). The van der Waals surface area contributed by atoms with Crippen molar-refractivity contribution in [1.29, 1.82) is 0 Å². The molecule has 0 unspecified atom stereocenters. The van der Waals surface area contributed by atoms with Gasteiger partial charge in [0.1, 0.15) is 12.1 Å². The minimum atomic E-state index is -0.274. The van der Waals surface area contributed by atoms with E-state index in [1.807, 2.05) is 0 Å². The van der Waals surface area contributed by atoms with E-state index in [1.165, 1.54) is 10.7 Å². The maximum Gasteiger partial charge on any atom is 0.348 e. The van der Waals surface area contributed by atoms with E-state index in [-0.39, 0.29) is 5.69 Å². The average molecular weight is 236 g/mol. The van der Waals surface area contributed by atoms with Crippen LogP contribution < -0.4 is 16.3 Å². The highest BCUT2D eigenvalue weighted by Crippen LogP contribution is 2.11. The van der Waals surface area contributed by atoms with Gasteiger partial charge in [0.15, 0.2) is 5.65 Å². The minimum absolute atomic E-state index is 0.274. The van der Waals surface area contributed by atoms with E-state index >= 15 is 0 Å². The number of hydrogen-bond acceptors (Lipinski definition) is 5. The van der Waals surface area contributed by atoms with Gasteiger partial charge >= 0.3 is 5.69 Å². The van der Waals surface area contributed by atoms with Crippen LogP contribution in [-0.2, 0) is 0 Å². The van der Waals surface area contributed by atoms with E-state index in [2.05, 4.69) is 27.0 Å². The lowest BCUT2D eigenvalue weighted by Crippen LogP contribution is -2.26. The Labute approximate surface area is 98.3 Å². The lowest BCUT2D eigenvalue weighted by atomic mass is 10.3. The number of fused-ring (bicyclic) bond motifs is 1. The summed E-state index contributed by atoms with van der Waals surface area (Å²) in [6.45, 7) is 4.41. The summed E-state index contributed by atoms with van der Waals surface area (Å²) in [4.78, 5) is 17.6. The van der Waals surface area contributed by atoms with Gasteiger partial charge in [-0.3, -0.25) is 0 Å². The molecule has 0 aliphatic heterocycles. The zero-order chi connectivity index (χ0) is 12.3. The smallest absolute Gasteiger partial charge is 0.348 e. The molecule has 0 spiro atoms. The van der Waals surface area contributed by atoms with Crippen LogP contribution in [-0.4, -0.2) is 39.2 Å². The number of rotatable bonds is 5. The Morgan fingerprint density at radius 3 is 3.12 bits per heavy atom. The van der Waals surface area contributed by atoms with Crippen molar-refractivity contribution in [3.8, 4) is 0 Å². The van der Waals surface area contributed by atoms with Crippen LogP contribution in [0.25, 0.3) is 5.65 Å². The second kappa shape index (κ2) is 4.96. The maximum absolute atomic E-state index is 11.3. The molecule has 92 valence electrons. The van der Waals surface area contributed by atoms with Crippen LogP contribution in [0.5, 0.6) is 0 Å². The molecule has 0 aliphatic carbocycles. The summed E-state index contributed by atoms with van der Waals surface area (Å²) in [5.41, 5.74) is 5.79. The van der Waals surface area contributed by atoms with Crippen molar-refractivity contribution in [2.75, 3.05) is 24.5 Å². The molecule has 3 N–H and O–H groups in total. The van der Waals surface area contributed by atoms with Gasteiger partial charge in [0.2, 0.25) is 0 Å². The molecule has 0 fully saturated rings. The molecule has 2 aromatic heterocycles. The highest BCUT2D eigenvalue weighted by molar-refractivity contribution is 5.49. The molecule has 2 heterocycles. The summed E-state index contributed by atoms with van der Waals surface area (Å²) < 4.78 is 1.38. The average Bonchev–Trinajstić information content (AvgIpc) is 2.72. The molecule has 0 radical (unpaired) electrons. The first-order chi connectivity index (χ1) is 8.26. The van der Waals surface area contributed by atoms with Crippen LogP contribution in [0.4, 0.5) is 5.82 Å². The molecule has 0 saturated heterocycles. The molecular weight excluding hydrogens is 220 g/mol. The van der Waals surface area contributed by atoms with Crippen molar-refractivity contribution in [3.05, 3.63) is 22.9 Å². The molecule has 0 atom stereocenters. The van der Waals surface area contributed by atoms with Crippen molar-refractivity contribution in [1.82, 2.24) is 19.6 Å². The van der Waals surface area contributed by atoms with Gasteiger partial charge in [0.05, 0.1) is 0 Å². The first-order valence-electron chi connectivity index (χ1n) is 5.64. The van der Waals surface area contributed by atoms with Gasteiger partial charge in [-0.1, -0.05) is 0 Å². The Bertz CT molecular complexity index is 545. The van der Waals surface area contributed by atoms with Crippen LogP contribution in [0.15, 0.2) is 17.2 Å². The van der Waals surface area contributed by atoms with E-state index in [9.17, 15) is 4.79 Å². The van der Waals surface area contributed by atoms with Gasteiger partial charge in [-0.15, -0.1) is 0 Å². The molecule has 7 heteroatoms. The fraction of sp³-hybridized carbons (Fsp3) is 0.500. The number of aromatic nitrogens is 4. The lowest BCUT2D eigenvalue weighted by molar-refractivity contribution is 0.743. The number of anilines is 1. The highest BCUT2D eigenvalue weighted by atomic mass is 16.1. The van der Waals surface area contributed by atoms with Crippen molar-refractivity contribution in [2.45, 2.75) is 13.3 Å². The van der Waals surface area contributed by atoms with Gasteiger partial charge < -0.3 is 10.6 Å². The third kappa shape index (κ3) is 2.28. The molecule has 0 saturated carbocycles. The van der Waals surface area contributed by atoms with Gasteiger partial charge in [-0.25, -0.2) is 19.3 Å². The predicted molar refractivity (Wildman–Crippen MR) is 65.2 cm³/mol. The molecule has 0 aromatic carbocycles. The molecule has 7 nitrogen and oxygen atoms in total. The first kappa shape index (κ1) is 11.6. The first-order valence-corrected chi connectivity index (χ1v) is 5.64. The van der Waals surface area contributed by atoms with E-state index < -0.39 is 0 Å². The Hall–Kier alpha value is -1.89. The van der Waals surface area contributed by atoms with Gasteiger partial charge in [-0.05, 0) is 19.9 Å². The monoisotopic (exact) mass is 236 g/mol. The Balaban J connectivity index is 2.30. The quantitative estimate of drug-likeness (QED) is 0.736. The van der Waals surface area contributed by atoms with Crippen LogP contribution in [0.3, 0.4) is 0 Å². The number of nitrogens with two attached hydrogens (primary N) is 1. The van der Waals surface area contributed by atoms with Gasteiger partial charge in [-0.2, -0.15) is 5.10 Å². The molecule has 0 aliphatic rings. The van der Waals surface area contributed by atoms with Crippen molar-refractivity contribution in [2.24, 2.45) is 5.73 Å². The Morgan fingerprint density at radius 2 is 2.41 bits per heavy atom. The summed E-state index contributed by atoms with van der Waals surface area (Å²) in [5, 5.41) is 6.29. The minimum Gasteiger partial charge on any atom is -0.357 e. The number of H-pyrrole nitrogens is 1. The lowest BCUT2D eigenvalue weighted by Gasteiger charge is -2.21. The zero-order valence-corrected chi connectivity index (χ0v) is 9.76. The molecule has 2 aromatic rings. The summed E-state index contributed by atoms with van der Waals surface area (Å²) in [6.07, 6.45) is 2.40. The van der Waals surface area contributed by atoms with Crippen LogP contribution in [0.2, 0.25) is 0 Å². The summed E-state index contributed by atoms with van der Waals surface area (Å²) in [5.74, 6) is 0.812. The van der Waals surface area contributed by atoms with E-state index in [0.717, 1.165) is 25.3 Å². The second-order valence-corrected chi connectivity index (χ2v) is 3.73. The molecule has 0 bridgehead atoms. The van der Waals surface area contributed by atoms with Crippen molar-refractivity contribution in [3.63, 3.8) is 0 Å². The third-order valence-corrected chi connectivity index (χ3v) is 2.63. The maximum atomic E-state index is 11.3. The Kier molecular flexibility index (Phi) is 3.38. The van der Waals surface area contributed by atoms with E-state index in [0.29, 0.717) is 12.2 Å². The summed E-state index contributed by atoms with van der Waals surface area (Å²) >= 11 is 0. The predicted octanol–water partition coefficient (Wildman–Crippen LogP) is -0.407. The summed E-state index contributed by atoms with van der Waals surface area (Å²) in [7, 11) is 0. The number of nitrogens with zero attached hydrogens (tertiary/aromatic N) is 4. The van der Waals surface area contributed by atoms with Crippen LogP contribution >= 0.6 is 0 Å². The fourth-order valence-corrected chi connectivity index (χ4v) is 1.69. The van der Waals surface area contributed by atoms with Crippen LogP contribution in [0, 0.1) is 0 Å². The number of aromatic amines is 1. The SMILES string of the molecule is CCN(CCCN)c1cc2n[nH]c(=O)n2cn1. The second-order valence-electron chi connectivity index (χ2n) is 3.73. The zero-order valence-electron chi connectivity index (χ0n) is 9.76. The molecular formula is C10H16N6O. The molecule has 17 heavy (non-hydrogen) atoms. The van der Waals surface area contributed by atoms with Crippen molar-refractivity contribution < 1.29 is 0 Å². The Morgan fingerprint density at radius 1 is 1.59 bits per heavy atom. The topological polar surface area (TPSA) is 92.3 Å². The number of hydrogen-bond donors (Lipinski definition) is 2. The number of nitrogens with one attached hydrogen (secondary N) is 1. The largest absolute Gasteiger partial charge is 0.357 e. The standard InChI is InChI=1S/C10H16N6O/c1-2-15(5-3-4-11)8-6-9-13-14-10(17)16(9)7-12-8/h6-7H,2-5,11H2,1H3,(H,14,17).